The van der Waals surface area contributed by atoms with Crippen LogP contribution in [0, 0.1) is 0 Å². The van der Waals surface area contributed by atoms with Gasteiger partial charge in [0.2, 0.25) is 15.9 Å². The van der Waals surface area contributed by atoms with E-state index in [2.05, 4.69) is 5.32 Å². The molecule has 2 unspecified atom stereocenters. The molecule has 0 radical (unpaired) electrons. The van der Waals surface area contributed by atoms with E-state index >= 15 is 0 Å². The number of aliphatic hydroxyl groups is 1. The van der Waals surface area contributed by atoms with Crippen molar-refractivity contribution in [1.29, 1.82) is 0 Å². The lowest BCUT2D eigenvalue weighted by Gasteiger charge is -2.34. The molecule has 0 spiro atoms. The average Bonchev–Trinajstić information content (AvgIpc) is 2.44. The van der Waals surface area contributed by atoms with Crippen molar-refractivity contribution < 1.29 is 28.2 Å². The average molecular weight is 336 g/mol. The highest BCUT2D eigenvalue weighted by Crippen LogP contribution is 2.21. The molecule has 2 atom stereocenters. The molecule has 1 aliphatic heterocycles. The Morgan fingerprint density at radius 3 is 2.55 bits per heavy atom. The van der Waals surface area contributed by atoms with E-state index < -0.39 is 40.1 Å². The zero-order chi connectivity index (χ0) is 17.0. The molecule has 128 valence electrons. The number of carboxylic acids is 1. The van der Waals surface area contributed by atoms with Gasteiger partial charge in [-0.2, -0.15) is 4.31 Å². The first-order chi connectivity index (χ1) is 10.1. The third-order valence-corrected chi connectivity index (χ3v) is 5.72. The highest BCUT2D eigenvalue weighted by atomic mass is 32.2. The van der Waals surface area contributed by atoms with E-state index in [1.54, 1.807) is 6.92 Å². The Hall–Kier alpha value is -1.19. The van der Waals surface area contributed by atoms with Crippen molar-refractivity contribution >= 4 is 21.9 Å². The SMILES string of the molecule is CCCS(=O)(=O)N1CCCCC1C(=O)NCC(C)(O)C(=O)O. The largest absolute Gasteiger partial charge is 0.479 e. The summed E-state index contributed by atoms with van der Waals surface area (Å²) >= 11 is 0. The molecule has 8 nitrogen and oxygen atoms in total. The number of hydrogen-bond donors (Lipinski definition) is 3. The van der Waals surface area contributed by atoms with E-state index in [4.69, 9.17) is 5.11 Å². The minimum Gasteiger partial charge on any atom is -0.479 e. The fourth-order valence-corrected chi connectivity index (χ4v) is 4.07. The van der Waals surface area contributed by atoms with Gasteiger partial charge in [-0.3, -0.25) is 4.79 Å². The van der Waals surface area contributed by atoms with E-state index in [1.165, 1.54) is 4.31 Å². The maximum absolute atomic E-state index is 12.2. The number of piperidine rings is 1. The summed E-state index contributed by atoms with van der Waals surface area (Å²) in [6, 6.07) is -0.838. The maximum Gasteiger partial charge on any atom is 0.337 e. The summed E-state index contributed by atoms with van der Waals surface area (Å²) in [6.07, 6.45) is 2.27. The summed E-state index contributed by atoms with van der Waals surface area (Å²) in [7, 11) is -3.50. The van der Waals surface area contributed by atoms with Gasteiger partial charge in [-0.25, -0.2) is 13.2 Å². The Bertz CT molecular complexity index is 517. The number of sulfonamides is 1. The maximum atomic E-state index is 12.2. The van der Waals surface area contributed by atoms with Crippen molar-refractivity contribution in [3.05, 3.63) is 0 Å². The first-order valence-electron chi connectivity index (χ1n) is 7.35. The van der Waals surface area contributed by atoms with E-state index in [0.717, 1.165) is 13.3 Å². The van der Waals surface area contributed by atoms with Crippen molar-refractivity contribution in [2.75, 3.05) is 18.8 Å². The van der Waals surface area contributed by atoms with Crippen molar-refractivity contribution in [3.8, 4) is 0 Å². The summed E-state index contributed by atoms with van der Waals surface area (Å²) in [6.45, 7) is 2.64. The van der Waals surface area contributed by atoms with Crippen LogP contribution in [-0.4, -0.2) is 65.3 Å². The molecular formula is C13H24N2O6S. The number of carbonyl (C=O) groups is 2. The van der Waals surface area contributed by atoms with Crippen LogP contribution in [0.5, 0.6) is 0 Å². The van der Waals surface area contributed by atoms with Crippen LogP contribution in [0.2, 0.25) is 0 Å². The van der Waals surface area contributed by atoms with Crippen LogP contribution in [0.4, 0.5) is 0 Å². The Labute approximate surface area is 130 Å². The first-order valence-corrected chi connectivity index (χ1v) is 8.95. The molecule has 1 rings (SSSR count). The predicted molar refractivity (Wildman–Crippen MR) is 79.7 cm³/mol. The van der Waals surface area contributed by atoms with Gasteiger partial charge in [-0.05, 0) is 26.2 Å². The quantitative estimate of drug-likeness (QED) is 0.577. The molecule has 0 aromatic carbocycles. The molecule has 22 heavy (non-hydrogen) atoms. The summed E-state index contributed by atoms with van der Waals surface area (Å²) in [5.74, 6) is -2.04. The van der Waals surface area contributed by atoms with Gasteiger partial charge in [0, 0.05) is 6.54 Å². The molecule has 1 amide bonds. The zero-order valence-corrected chi connectivity index (χ0v) is 13.7. The lowest BCUT2D eigenvalue weighted by Crippen LogP contribution is -2.55. The summed E-state index contributed by atoms with van der Waals surface area (Å²) in [5, 5.41) is 20.8. The molecule has 1 fully saturated rings. The molecule has 0 aromatic rings. The Balaban J connectivity index is 2.79. The molecule has 0 bridgehead atoms. The van der Waals surface area contributed by atoms with E-state index in [9.17, 15) is 23.1 Å². The van der Waals surface area contributed by atoms with Gasteiger partial charge in [0.25, 0.3) is 0 Å². The van der Waals surface area contributed by atoms with E-state index in [-0.39, 0.29) is 12.3 Å². The van der Waals surface area contributed by atoms with Gasteiger partial charge in [0.1, 0.15) is 6.04 Å². The van der Waals surface area contributed by atoms with Gasteiger partial charge < -0.3 is 15.5 Å². The lowest BCUT2D eigenvalue weighted by atomic mass is 10.0. The fourth-order valence-electron chi connectivity index (χ4n) is 2.33. The predicted octanol–water partition coefficient (Wildman–Crippen LogP) is -0.467. The number of hydrogen-bond acceptors (Lipinski definition) is 5. The molecule has 1 aliphatic rings. The summed E-state index contributed by atoms with van der Waals surface area (Å²) < 4.78 is 25.6. The number of carboxylic acid groups (broad SMARTS) is 1. The van der Waals surface area contributed by atoms with Gasteiger partial charge in [0.15, 0.2) is 5.60 Å². The Kier molecular flexibility index (Phi) is 6.33. The zero-order valence-electron chi connectivity index (χ0n) is 12.9. The molecule has 0 aromatic heterocycles. The van der Waals surface area contributed by atoms with Crippen LogP contribution in [-0.2, 0) is 19.6 Å². The van der Waals surface area contributed by atoms with Crippen LogP contribution in [0.3, 0.4) is 0 Å². The van der Waals surface area contributed by atoms with E-state index in [1.807, 2.05) is 0 Å². The Morgan fingerprint density at radius 2 is 2.00 bits per heavy atom. The highest BCUT2D eigenvalue weighted by Gasteiger charge is 2.37. The molecule has 1 heterocycles. The summed E-state index contributed by atoms with van der Waals surface area (Å²) in [5.41, 5.74) is -2.09. The lowest BCUT2D eigenvalue weighted by molar-refractivity contribution is -0.156. The normalized spacial score (nSPS) is 22.8. The van der Waals surface area contributed by atoms with Gasteiger partial charge in [-0.1, -0.05) is 13.3 Å². The van der Waals surface area contributed by atoms with Crippen LogP contribution in [0.15, 0.2) is 0 Å². The van der Waals surface area contributed by atoms with Crippen LogP contribution >= 0.6 is 0 Å². The van der Waals surface area contributed by atoms with Gasteiger partial charge in [-0.15, -0.1) is 0 Å². The molecule has 0 saturated carbocycles. The minimum atomic E-state index is -3.50. The first kappa shape index (κ1) is 18.9. The number of carbonyl (C=O) groups excluding carboxylic acids is 1. The van der Waals surface area contributed by atoms with Crippen molar-refractivity contribution in [1.82, 2.24) is 9.62 Å². The molecule has 9 heteroatoms. The monoisotopic (exact) mass is 336 g/mol. The second kappa shape index (κ2) is 7.38. The van der Waals surface area contributed by atoms with Crippen LogP contribution in [0.1, 0.15) is 39.5 Å². The molecule has 1 saturated heterocycles. The third kappa shape index (κ3) is 4.65. The smallest absolute Gasteiger partial charge is 0.337 e. The second-order valence-electron chi connectivity index (χ2n) is 5.74. The van der Waals surface area contributed by atoms with Crippen molar-refractivity contribution in [3.63, 3.8) is 0 Å². The third-order valence-electron chi connectivity index (χ3n) is 3.64. The number of amides is 1. The van der Waals surface area contributed by atoms with Crippen molar-refractivity contribution in [2.45, 2.75) is 51.2 Å². The molecule has 0 aliphatic carbocycles. The topological polar surface area (TPSA) is 124 Å². The molecule has 3 N–H and O–H groups in total. The second-order valence-corrected chi connectivity index (χ2v) is 7.78. The van der Waals surface area contributed by atoms with Gasteiger partial charge in [0.05, 0.1) is 12.3 Å². The highest BCUT2D eigenvalue weighted by molar-refractivity contribution is 7.89. The number of nitrogens with one attached hydrogen (secondary N) is 1. The van der Waals surface area contributed by atoms with Crippen molar-refractivity contribution in [2.24, 2.45) is 0 Å². The molecular weight excluding hydrogens is 312 g/mol. The fraction of sp³-hybridized carbons (Fsp3) is 0.846. The number of aliphatic carboxylic acids is 1. The Morgan fingerprint density at radius 1 is 1.36 bits per heavy atom. The minimum absolute atomic E-state index is 0.0242. The van der Waals surface area contributed by atoms with E-state index in [0.29, 0.717) is 19.3 Å². The van der Waals surface area contributed by atoms with Gasteiger partial charge >= 0.3 is 5.97 Å². The standard InChI is InChI=1S/C13H24N2O6S/c1-3-8-22(20,21)15-7-5-4-6-10(15)11(16)14-9-13(2,19)12(17)18/h10,19H,3-9H2,1-2H3,(H,14,16)(H,17,18). The summed E-state index contributed by atoms with van der Waals surface area (Å²) in [4.78, 5) is 23.0. The number of nitrogens with zero attached hydrogens (tertiary/aromatic N) is 1. The van der Waals surface area contributed by atoms with Crippen LogP contribution in [0.25, 0.3) is 0 Å². The van der Waals surface area contributed by atoms with Crippen LogP contribution < -0.4 is 5.32 Å². The number of rotatable bonds is 7.